The van der Waals surface area contributed by atoms with E-state index < -0.39 is 23.7 Å². The molecule has 0 radical (unpaired) electrons. The third-order valence-electron chi connectivity index (χ3n) is 7.57. The van der Waals surface area contributed by atoms with E-state index in [9.17, 15) is 9.47 Å². The highest BCUT2D eigenvalue weighted by Gasteiger charge is 2.54. The van der Waals surface area contributed by atoms with Crippen LogP contribution in [-0.4, -0.2) is 59.8 Å². The Bertz CT molecular complexity index is 1390. The molecule has 1 N–H and O–H groups in total. The molecule has 11 heteroatoms. The number of fused-ring (bicyclic) bond motifs is 1. The van der Waals surface area contributed by atoms with Crippen molar-refractivity contribution in [1.82, 2.24) is 29.0 Å². The first-order valence-corrected chi connectivity index (χ1v) is 16.2. The lowest BCUT2D eigenvalue weighted by Gasteiger charge is -2.50. The van der Waals surface area contributed by atoms with Crippen LogP contribution in [0.4, 0.5) is 0 Å². The summed E-state index contributed by atoms with van der Waals surface area (Å²) in [5.74, 6) is 0. The van der Waals surface area contributed by atoms with Gasteiger partial charge in [-0.1, -0.05) is 20.8 Å². The average Bonchev–Trinajstić information content (AvgIpc) is 3.29. The van der Waals surface area contributed by atoms with Gasteiger partial charge in [0.25, 0.3) is 0 Å². The van der Waals surface area contributed by atoms with Crippen LogP contribution in [0.2, 0.25) is 18.1 Å². The fourth-order valence-corrected chi connectivity index (χ4v) is 11.1. The molecule has 0 aromatic carbocycles. The van der Waals surface area contributed by atoms with Crippen molar-refractivity contribution in [2.24, 2.45) is 4.03 Å². The summed E-state index contributed by atoms with van der Waals surface area (Å²) < 4.78 is 23.4. The zero-order valence-corrected chi connectivity index (χ0v) is 22.3. The van der Waals surface area contributed by atoms with Gasteiger partial charge in [-0.05, 0) is 37.0 Å². The Morgan fingerprint density at radius 3 is 2.71 bits per heavy atom. The van der Waals surface area contributed by atoms with Crippen molar-refractivity contribution >= 4 is 29.2 Å². The molecule has 0 amide bonds. The van der Waals surface area contributed by atoms with E-state index in [1.165, 1.54) is 6.33 Å². The molecule has 9 nitrogen and oxygen atoms in total. The summed E-state index contributed by atoms with van der Waals surface area (Å²) in [5.41, 5.74) is 1.93. The van der Waals surface area contributed by atoms with Gasteiger partial charge < -0.3 is 4.98 Å². The van der Waals surface area contributed by atoms with E-state index in [0.717, 1.165) is 35.1 Å². The van der Waals surface area contributed by atoms with E-state index in [-0.39, 0.29) is 10.3 Å². The SMILES string of the molecule is CC(C)(C)[Si](C)(C)N=S(=O)(C1CC1)N1CC(CC#N)(n2cc(-c3ncnc4[nH]ccc34)cn2)C1. The lowest BCUT2D eigenvalue weighted by Crippen LogP contribution is -2.65. The Labute approximate surface area is 202 Å². The maximum atomic E-state index is 14.3. The van der Waals surface area contributed by atoms with Gasteiger partial charge in [0.2, 0.25) is 0 Å². The number of nitrogens with zero attached hydrogens (tertiary/aromatic N) is 7. The third-order valence-corrected chi connectivity index (χ3v) is 16.4. The summed E-state index contributed by atoms with van der Waals surface area (Å²) in [6, 6.07) is 4.29. The zero-order chi connectivity index (χ0) is 24.4. The number of rotatable bonds is 6. The van der Waals surface area contributed by atoms with Gasteiger partial charge in [0.1, 0.15) is 27.4 Å². The molecule has 1 aliphatic heterocycles. The number of aromatic nitrogens is 5. The van der Waals surface area contributed by atoms with E-state index in [1.54, 1.807) is 6.20 Å². The quantitative estimate of drug-likeness (QED) is 0.511. The zero-order valence-electron chi connectivity index (χ0n) is 20.4. The van der Waals surface area contributed by atoms with E-state index in [0.29, 0.717) is 19.5 Å². The molecule has 1 saturated heterocycles. The molecule has 4 heterocycles. The minimum atomic E-state index is -2.50. The van der Waals surface area contributed by atoms with Crippen LogP contribution in [0.15, 0.2) is 35.0 Å². The van der Waals surface area contributed by atoms with Crippen LogP contribution in [0.3, 0.4) is 0 Å². The largest absolute Gasteiger partial charge is 0.346 e. The minimum Gasteiger partial charge on any atom is -0.346 e. The molecule has 2 aliphatic rings. The van der Waals surface area contributed by atoms with E-state index >= 15 is 0 Å². The summed E-state index contributed by atoms with van der Waals surface area (Å²) in [5, 5.41) is 15.4. The Morgan fingerprint density at radius 1 is 1.32 bits per heavy atom. The van der Waals surface area contributed by atoms with Crippen molar-refractivity contribution in [3.8, 4) is 17.3 Å². The number of hydrogen-bond donors (Lipinski definition) is 1. The van der Waals surface area contributed by atoms with Crippen molar-refractivity contribution in [1.29, 1.82) is 5.26 Å². The standard InChI is InChI=1S/C23H32N8OSSi/c1-22(2,3)34(4,5)29-33(32,18-6-7-18)30-14-23(15-30,9-10-24)31-13-17(12-28-31)20-19-8-11-25-21(19)27-16-26-20/h8,11-13,16,18H,6-7,9,14-15H2,1-5H3,(H,25,26,27). The van der Waals surface area contributed by atoms with Crippen molar-refractivity contribution in [2.75, 3.05) is 13.1 Å². The highest BCUT2D eigenvalue weighted by atomic mass is 32.2. The predicted molar refractivity (Wildman–Crippen MR) is 136 cm³/mol. The second-order valence-electron chi connectivity index (χ2n) is 11.1. The lowest BCUT2D eigenvalue weighted by atomic mass is 9.89. The number of H-pyrrole nitrogens is 1. The fraction of sp³-hybridized carbons (Fsp3) is 0.565. The Kier molecular flexibility index (Phi) is 5.27. The first-order valence-electron chi connectivity index (χ1n) is 11.7. The summed E-state index contributed by atoms with van der Waals surface area (Å²) >= 11 is 0. The molecule has 0 spiro atoms. The molecular weight excluding hydrogens is 464 g/mol. The van der Waals surface area contributed by atoms with Crippen LogP contribution in [0, 0.1) is 11.3 Å². The molecule has 3 aromatic heterocycles. The van der Waals surface area contributed by atoms with Crippen LogP contribution >= 0.6 is 0 Å². The van der Waals surface area contributed by atoms with Gasteiger partial charge in [-0.25, -0.2) is 18.5 Å². The Morgan fingerprint density at radius 2 is 2.06 bits per heavy atom. The maximum absolute atomic E-state index is 14.3. The Balaban J connectivity index is 1.47. The molecule has 180 valence electrons. The number of nitrogens with one attached hydrogen (secondary N) is 1. The monoisotopic (exact) mass is 496 g/mol. The Hall–Kier alpha value is -2.55. The van der Waals surface area contributed by atoms with Crippen LogP contribution in [0.1, 0.15) is 40.0 Å². The van der Waals surface area contributed by atoms with E-state index in [4.69, 9.17) is 4.03 Å². The molecule has 3 aromatic rings. The van der Waals surface area contributed by atoms with Crippen molar-refractivity contribution in [3.05, 3.63) is 31.0 Å². The summed E-state index contributed by atoms with van der Waals surface area (Å²) in [7, 11) is -4.61. The molecule has 1 unspecified atom stereocenters. The molecule has 0 bridgehead atoms. The summed E-state index contributed by atoms with van der Waals surface area (Å²) in [6.07, 6.45) is 9.34. The van der Waals surface area contributed by atoms with Crippen LogP contribution < -0.4 is 0 Å². The van der Waals surface area contributed by atoms with Gasteiger partial charge in [-0.15, -0.1) is 0 Å². The smallest absolute Gasteiger partial charge is 0.194 e. The highest BCUT2D eigenvalue weighted by Crippen LogP contribution is 2.45. The van der Waals surface area contributed by atoms with Crippen molar-refractivity contribution < 1.29 is 4.21 Å². The van der Waals surface area contributed by atoms with Gasteiger partial charge in [0.05, 0.1) is 29.6 Å². The molecule has 34 heavy (non-hydrogen) atoms. The molecule has 2 fully saturated rings. The number of aromatic amines is 1. The second-order valence-corrected chi connectivity index (χ2v) is 18.7. The maximum Gasteiger partial charge on any atom is 0.194 e. The van der Waals surface area contributed by atoms with Crippen LogP contribution in [-0.2, 0) is 15.5 Å². The van der Waals surface area contributed by atoms with E-state index in [1.807, 2.05) is 27.4 Å². The average molecular weight is 497 g/mol. The van der Waals surface area contributed by atoms with Gasteiger partial charge in [-0.2, -0.15) is 10.4 Å². The number of nitriles is 1. The lowest BCUT2D eigenvalue weighted by molar-refractivity contribution is 0.0748. The normalized spacial score (nSPS) is 20.5. The van der Waals surface area contributed by atoms with Gasteiger partial charge in [-0.3, -0.25) is 8.71 Å². The topological polar surface area (TPSA) is 116 Å². The van der Waals surface area contributed by atoms with Gasteiger partial charge >= 0.3 is 0 Å². The summed E-state index contributed by atoms with van der Waals surface area (Å²) in [4.78, 5) is 11.8. The first-order chi connectivity index (χ1) is 16.0. The number of hydrogen-bond acceptors (Lipinski definition) is 6. The van der Waals surface area contributed by atoms with Crippen LogP contribution in [0.5, 0.6) is 0 Å². The second kappa shape index (κ2) is 7.73. The third kappa shape index (κ3) is 3.68. The summed E-state index contributed by atoms with van der Waals surface area (Å²) in [6.45, 7) is 12.0. The molecule has 5 rings (SSSR count). The molecule has 1 aliphatic carbocycles. The van der Waals surface area contributed by atoms with Crippen LogP contribution in [0.25, 0.3) is 22.3 Å². The van der Waals surface area contributed by atoms with Gasteiger partial charge in [0.15, 0.2) is 8.24 Å². The highest BCUT2D eigenvalue weighted by molar-refractivity contribution is 7.93. The molecule has 1 saturated carbocycles. The predicted octanol–water partition coefficient (Wildman–Crippen LogP) is 4.30. The minimum absolute atomic E-state index is 0.0249. The van der Waals surface area contributed by atoms with Crippen molar-refractivity contribution in [2.45, 2.75) is 69.0 Å². The molecule has 1 atom stereocenters. The molecular formula is C23H32N8OSSi. The van der Waals surface area contributed by atoms with E-state index in [2.05, 4.69) is 60.0 Å². The fourth-order valence-electron chi connectivity index (χ4n) is 4.27. The van der Waals surface area contributed by atoms with Crippen molar-refractivity contribution in [3.63, 3.8) is 0 Å². The van der Waals surface area contributed by atoms with Gasteiger partial charge in [0, 0.05) is 36.4 Å². The first kappa shape index (κ1) is 23.2.